The van der Waals surface area contributed by atoms with Crippen LogP contribution < -0.4 is 0 Å². The molecule has 0 unspecified atom stereocenters. The van der Waals surface area contributed by atoms with Gasteiger partial charge in [-0.05, 0) is 24.0 Å². The van der Waals surface area contributed by atoms with E-state index < -0.39 is 5.97 Å². The minimum absolute atomic E-state index is 0.575. The summed E-state index contributed by atoms with van der Waals surface area (Å²) in [4.78, 5) is 10.7. The van der Waals surface area contributed by atoms with Crippen LogP contribution in [0.5, 0.6) is 0 Å². The minimum atomic E-state index is -0.773. The smallest absolute Gasteiger partial charge is 0.331 e. The molecule has 0 amide bonds. The van der Waals surface area contributed by atoms with Crippen molar-refractivity contribution in [1.29, 1.82) is 0 Å². The number of benzene rings is 1. The first-order chi connectivity index (χ1) is 6.29. The van der Waals surface area contributed by atoms with Gasteiger partial charge >= 0.3 is 5.97 Å². The Morgan fingerprint density at radius 3 is 2.31 bits per heavy atom. The average molecular weight is 174 g/mol. The standard InChI is InChI=1S/C11H10O2/c12-11(13)10-7-6-9(10)8-4-2-1-3-5-8/h1-5H,6-7H2,(H,12,13). The summed E-state index contributed by atoms with van der Waals surface area (Å²) in [5.41, 5.74) is 2.62. The van der Waals surface area contributed by atoms with Crippen LogP contribution in [0.2, 0.25) is 0 Å². The third-order valence-electron chi connectivity index (χ3n) is 2.37. The van der Waals surface area contributed by atoms with Crippen LogP contribution in [0.3, 0.4) is 0 Å². The maximum Gasteiger partial charge on any atom is 0.331 e. The van der Waals surface area contributed by atoms with Gasteiger partial charge in [-0.25, -0.2) is 4.79 Å². The van der Waals surface area contributed by atoms with Gasteiger partial charge in [-0.15, -0.1) is 0 Å². The maximum absolute atomic E-state index is 10.7. The van der Waals surface area contributed by atoms with Crippen molar-refractivity contribution in [2.24, 2.45) is 0 Å². The van der Waals surface area contributed by atoms with Crippen LogP contribution in [0.25, 0.3) is 5.57 Å². The van der Waals surface area contributed by atoms with Crippen molar-refractivity contribution in [3.05, 3.63) is 41.5 Å². The molecule has 0 saturated heterocycles. The molecule has 0 radical (unpaired) electrons. The highest BCUT2D eigenvalue weighted by molar-refractivity contribution is 5.99. The van der Waals surface area contributed by atoms with Crippen molar-refractivity contribution in [1.82, 2.24) is 0 Å². The lowest BCUT2D eigenvalue weighted by Gasteiger charge is -2.20. The highest BCUT2D eigenvalue weighted by Crippen LogP contribution is 2.35. The van der Waals surface area contributed by atoms with E-state index in [0.717, 1.165) is 17.6 Å². The molecule has 2 rings (SSSR count). The molecule has 0 atom stereocenters. The maximum atomic E-state index is 10.7. The number of carboxylic acids is 1. The fraction of sp³-hybridized carbons (Fsp3) is 0.182. The highest BCUT2D eigenvalue weighted by Gasteiger charge is 2.23. The Hall–Kier alpha value is -1.57. The van der Waals surface area contributed by atoms with E-state index in [1.165, 1.54) is 0 Å². The van der Waals surface area contributed by atoms with E-state index in [1.807, 2.05) is 30.3 Å². The van der Waals surface area contributed by atoms with Crippen LogP contribution in [0.1, 0.15) is 18.4 Å². The largest absolute Gasteiger partial charge is 0.478 e. The summed E-state index contributed by atoms with van der Waals surface area (Å²) in [7, 11) is 0. The summed E-state index contributed by atoms with van der Waals surface area (Å²) in [6.07, 6.45) is 1.60. The highest BCUT2D eigenvalue weighted by atomic mass is 16.4. The average Bonchev–Trinajstić information content (AvgIpc) is 2.02. The Morgan fingerprint density at radius 2 is 1.85 bits per heavy atom. The van der Waals surface area contributed by atoms with Gasteiger partial charge < -0.3 is 5.11 Å². The van der Waals surface area contributed by atoms with Gasteiger partial charge in [0.2, 0.25) is 0 Å². The van der Waals surface area contributed by atoms with Crippen molar-refractivity contribution in [2.75, 3.05) is 0 Å². The molecule has 2 heteroatoms. The Labute approximate surface area is 76.5 Å². The van der Waals surface area contributed by atoms with Crippen molar-refractivity contribution in [3.8, 4) is 0 Å². The van der Waals surface area contributed by atoms with Crippen LogP contribution in [-0.2, 0) is 4.79 Å². The van der Waals surface area contributed by atoms with Crippen LogP contribution in [0, 0.1) is 0 Å². The van der Waals surface area contributed by atoms with E-state index in [1.54, 1.807) is 0 Å². The van der Waals surface area contributed by atoms with E-state index in [2.05, 4.69) is 0 Å². The summed E-state index contributed by atoms with van der Waals surface area (Å²) >= 11 is 0. The molecule has 1 aliphatic carbocycles. The summed E-state index contributed by atoms with van der Waals surface area (Å²) in [5, 5.41) is 8.81. The molecule has 66 valence electrons. The van der Waals surface area contributed by atoms with E-state index in [4.69, 9.17) is 5.11 Å². The molecule has 1 aliphatic rings. The third kappa shape index (κ3) is 1.35. The third-order valence-corrected chi connectivity index (χ3v) is 2.37. The van der Waals surface area contributed by atoms with Gasteiger partial charge in [-0.2, -0.15) is 0 Å². The second-order valence-corrected chi connectivity index (χ2v) is 3.13. The fourth-order valence-corrected chi connectivity index (χ4v) is 1.57. The van der Waals surface area contributed by atoms with Gasteiger partial charge in [0, 0.05) is 5.57 Å². The molecule has 13 heavy (non-hydrogen) atoms. The molecule has 0 bridgehead atoms. The predicted molar refractivity (Wildman–Crippen MR) is 50.2 cm³/mol. The van der Waals surface area contributed by atoms with Gasteiger partial charge in [0.15, 0.2) is 0 Å². The first-order valence-corrected chi connectivity index (χ1v) is 4.30. The Balaban J connectivity index is 2.39. The molecule has 1 aromatic rings. The van der Waals surface area contributed by atoms with E-state index >= 15 is 0 Å². The van der Waals surface area contributed by atoms with Gasteiger partial charge in [0.25, 0.3) is 0 Å². The second-order valence-electron chi connectivity index (χ2n) is 3.13. The first-order valence-electron chi connectivity index (χ1n) is 4.30. The number of aliphatic carboxylic acids is 1. The molecule has 0 aliphatic heterocycles. The molecule has 1 N–H and O–H groups in total. The number of hydrogen-bond acceptors (Lipinski definition) is 1. The van der Waals surface area contributed by atoms with Crippen molar-refractivity contribution in [2.45, 2.75) is 12.8 Å². The molecule has 1 aromatic carbocycles. The van der Waals surface area contributed by atoms with E-state index in [-0.39, 0.29) is 0 Å². The molecular formula is C11H10O2. The first kappa shape index (κ1) is 8.05. The zero-order chi connectivity index (χ0) is 9.26. The Morgan fingerprint density at radius 1 is 1.15 bits per heavy atom. The quantitative estimate of drug-likeness (QED) is 0.747. The van der Waals surface area contributed by atoms with Crippen molar-refractivity contribution < 1.29 is 9.90 Å². The lowest BCUT2D eigenvalue weighted by molar-refractivity contribution is -0.132. The minimum Gasteiger partial charge on any atom is -0.478 e. The Kier molecular flexibility index (Phi) is 1.89. The number of allylic oxidation sites excluding steroid dienone is 1. The molecule has 0 spiro atoms. The van der Waals surface area contributed by atoms with Crippen LogP contribution in [-0.4, -0.2) is 11.1 Å². The topological polar surface area (TPSA) is 37.3 Å². The predicted octanol–water partition coefficient (Wildman–Crippen LogP) is 2.32. The lowest BCUT2D eigenvalue weighted by atomic mass is 9.84. The normalized spacial score (nSPS) is 15.4. The molecule has 0 fully saturated rings. The van der Waals surface area contributed by atoms with Gasteiger partial charge in [0.05, 0.1) is 0 Å². The van der Waals surface area contributed by atoms with Gasteiger partial charge in [-0.1, -0.05) is 30.3 Å². The second kappa shape index (κ2) is 3.05. The van der Waals surface area contributed by atoms with Crippen molar-refractivity contribution in [3.63, 3.8) is 0 Å². The van der Waals surface area contributed by atoms with Gasteiger partial charge in [-0.3, -0.25) is 0 Å². The van der Waals surface area contributed by atoms with Gasteiger partial charge in [0.1, 0.15) is 0 Å². The molecular weight excluding hydrogens is 164 g/mol. The molecule has 2 nitrogen and oxygen atoms in total. The van der Waals surface area contributed by atoms with E-state index in [9.17, 15) is 4.79 Å². The summed E-state index contributed by atoms with van der Waals surface area (Å²) in [6, 6.07) is 9.71. The molecule has 0 saturated carbocycles. The fourth-order valence-electron chi connectivity index (χ4n) is 1.57. The van der Waals surface area contributed by atoms with E-state index in [0.29, 0.717) is 12.0 Å². The summed E-state index contributed by atoms with van der Waals surface area (Å²) in [6.45, 7) is 0. The SMILES string of the molecule is O=C(O)C1=C(c2ccccc2)CC1. The Bertz CT molecular complexity index is 363. The van der Waals surface area contributed by atoms with Crippen LogP contribution >= 0.6 is 0 Å². The van der Waals surface area contributed by atoms with Crippen LogP contribution in [0.15, 0.2) is 35.9 Å². The number of carboxylic acid groups (broad SMARTS) is 1. The lowest BCUT2D eigenvalue weighted by Crippen LogP contribution is -2.12. The summed E-state index contributed by atoms with van der Waals surface area (Å²) < 4.78 is 0. The zero-order valence-electron chi connectivity index (χ0n) is 7.16. The molecule has 0 heterocycles. The number of hydrogen-bond donors (Lipinski definition) is 1. The zero-order valence-corrected chi connectivity index (χ0v) is 7.16. The number of carbonyl (C=O) groups is 1. The number of rotatable bonds is 2. The van der Waals surface area contributed by atoms with Crippen LogP contribution in [0.4, 0.5) is 0 Å². The van der Waals surface area contributed by atoms with Crippen molar-refractivity contribution >= 4 is 11.5 Å². The summed E-state index contributed by atoms with van der Waals surface area (Å²) in [5.74, 6) is -0.773. The monoisotopic (exact) mass is 174 g/mol. The molecule has 0 aromatic heterocycles.